The van der Waals surface area contributed by atoms with Crippen molar-refractivity contribution in [3.63, 3.8) is 0 Å². The van der Waals surface area contributed by atoms with Crippen LogP contribution in [-0.4, -0.2) is 78.6 Å². The summed E-state index contributed by atoms with van der Waals surface area (Å²) >= 11 is 0. The number of rotatable bonds is 5. The summed E-state index contributed by atoms with van der Waals surface area (Å²) in [7, 11) is 0. The third kappa shape index (κ3) is 3.03. The van der Waals surface area contributed by atoms with Crippen molar-refractivity contribution in [2.75, 3.05) is 52.4 Å². The first-order valence-corrected chi connectivity index (χ1v) is 8.54. The van der Waals surface area contributed by atoms with E-state index in [1.807, 2.05) is 0 Å². The monoisotopic (exact) mass is 280 g/mol. The van der Waals surface area contributed by atoms with Gasteiger partial charge in [0, 0.05) is 63.9 Å². The van der Waals surface area contributed by atoms with Crippen LogP contribution in [0.3, 0.4) is 0 Å². The first kappa shape index (κ1) is 14.8. The number of hydrogen-bond acceptors (Lipinski definition) is 4. The zero-order valence-electron chi connectivity index (χ0n) is 13.4. The summed E-state index contributed by atoms with van der Waals surface area (Å²) in [6.45, 7) is 14.1. The molecule has 3 rings (SSSR count). The molecule has 2 heterocycles. The number of likely N-dealkylation sites (tertiary alicyclic amines) is 1. The van der Waals surface area contributed by atoms with Crippen LogP contribution in [0.4, 0.5) is 0 Å². The molecular weight excluding hydrogens is 248 g/mol. The molecule has 4 heteroatoms. The van der Waals surface area contributed by atoms with E-state index in [9.17, 15) is 0 Å². The normalized spacial score (nSPS) is 34.2. The van der Waals surface area contributed by atoms with Gasteiger partial charge in [0.15, 0.2) is 0 Å². The molecule has 1 unspecified atom stereocenters. The van der Waals surface area contributed by atoms with Crippen LogP contribution in [0, 0.1) is 5.92 Å². The molecule has 0 aromatic rings. The highest BCUT2D eigenvalue weighted by Crippen LogP contribution is 2.32. The molecule has 3 aliphatic rings. The third-order valence-electron chi connectivity index (χ3n) is 5.73. The fraction of sp³-hybridized carbons (Fsp3) is 1.00. The highest BCUT2D eigenvalue weighted by molar-refractivity contribution is 5.02. The van der Waals surface area contributed by atoms with Gasteiger partial charge in [-0.05, 0) is 39.0 Å². The maximum atomic E-state index is 6.21. The van der Waals surface area contributed by atoms with E-state index in [1.165, 1.54) is 65.1 Å². The van der Waals surface area contributed by atoms with Gasteiger partial charge in [-0.2, -0.15) is 0 Å². The van der Waals surface area contributed by atoms with Gasteiger partial charge in [-0.15, -0.1) is 0 Å². The molecule has 0 bridgehead atoms. The summed E-state index contributed by atoms with van der Waals surface area (Å²) in [6, 6.07) is 0.652. The number of piperazine rings is 1. The Balaban J connectivity index is 1.54. The van der Waals surface area contributed by atoms with E-state index in [0.29, 0.717) is 6.04 Å². The quantitative estimate of drug-likeness (QED) is 0.809. The third-order valence-corrected chi connectivity index (χ3v) is 5.73. The Morgan fingerprint density at radius 3 is 2.30 bits per heavy atom. The maximum absolute atomic E-state index is 6.21. The Hall–Kier alpha value is -0.160. The lowest BCUT2D eigenvalue weighted by Crippen LogP contribution is -2.61. The van der Waals surface area contributed by atoms with E-state index >= 15 is 0 Å². The van der Waals surface area contributed by atoms with Gasteiger partial charge in [0.25, 0.3) is 0 Å². The molecule has 2 N–H and O–H groups in total. The molecule has 1 saturated carbocycles. The van der Waals surface area contributed by atoms with Crippen LogP contribution in [0.25, 0.3) is 0 Å². The Morgan fingerprint density at radius 1 is 1.10 bits per heavy atom. The minimum Gasteiger partial charge on any atom is -0.329 e. The van der Waals surface area contributed by atoms with Gasteiger partial charge in [0.05, 0.1) is 0 Å². The first-order chi connectivity index (χ1) is 9.63. The molecule has 0 radical (unpaired) electrons. The molecule has 0 aromatic heterocycles. The van der Waals surface area contributed by atoms with Crippen LogP contribution >= 0.6 is 0 Å². The molecule has 1 atom stereocenters. The van der Waals surface area contributed by atoms with E-state index in [-0.39, 0.29) is 5.54 Å². The maximum Gasteiger partial charge on any atom is 0.0471 e. The van der Waals surface area contributed by atoms with Crippen LogP contribution in [0.15, 0.2) is 0 Å². The first-order valence-electron chi connectivity index (χ1n) is 8.54. The fourth-order valence-electron chi connectivity index (χ4n) is 3.95. The number of nitrogens with two attached hydrogens (primary N) is 1. The van der Waals surface area contributed by atoms with E-state index in [2.05, 4.69) is 28.5 Å². The lowest BCUT2D eigenvalue weighted by Gasteiger charge is -2.45. The molecule has 0 spiro atoms. The van der Waals surface area contributed by atoms with Crippen molar-refractivity contribution in [1.29, 1.82) is 0 Å². The average Bonchev–Trinajstić information content (AvgIpc) is 3.15. The number of nitrogens with zero attached hydrogens (tertiary/aromatic N) is 3. The summed E-state index contributed by atoms with van der Waals surface area (Å²) in [4.78, 5) is 7.98. The van der Waals surface area contributed by atoms with Crippen molar-refractivity contribution in [3.8, 4) is 0 Å². The fourth-order valence-corrected chi connectivity index (χ4v) is 3.95. The van der Waals surface area contributed by atoms with Gasteiger partial charge < -0.3 is 10.6 Å². The Bertz CT molecular complexity index is 320. The Kier molecular flexibility index (Phi) is 4.37. The molecule has 0 amide bonds. The SMILES string of the molecule is CC(C)N1CCC(CN)(N2CCN(CC3CC3)CC2)C1. The zero-order chi connectivity index (χ0) is 14.2. The standard InChI is InChI=1S/C16H32N4/c1-14(2)19-6-5-16(12-17,13-19)20-9-7-18(8-10-20)11-15-3-4-15/h14-15H,3-13,17H2,1-2H3. The van der Waals surface area contributed by atoms with E-state index in [4.69, 9.17) is 5.73 Å². The summed E-state index contributed by atoms with van der Waals surface area (Å²) in [5.74, 6) is 1.02. The minimum absolute atomic E-state index is 0.260. The van der Waals surface area contributed by atoms with Crippen molar-refractivity contribution >= 4 is 0 Å². The predicted molar refractivity (Wildman–Crippen MR) is 83.8 cm³/mol. The largest absolute Gasteiger partial charge is 0.329 e. The van der Waals surface area contributed by atoms with Crippen LogP contribution in [0.2, 0.25) is 0 Å². The topological polar surface area (TPSA) is 35.7 Å². The molecule has 2 saturated heterocycles. The summed E-state index contributed by atoms with van der Waals surface area (Å²) in [5.41, 5.74) is 6.47. The lowest BCUT2D eigenvalue weighted by atomic mass is 9.95. The molecule has 20 heavy (non-hydrogen) atoms. The Labute approximate surface area is 124 Å². The van der Waals surface area contributed by atoms with Crippen LogP contribution in [0.1, 0.15) is 33.1 Å². The molecular formula is C16H32N4. The average molecular weight is 280 g/mol. The Morgan fingerprint density at radius 2 is 1.80 bits per heavy atom. The summed E-state index contributed by atoms with van der Waals surface area (Å²) < 4.78 is 0. The molecule has 0 aromatic carbocycles. The van der Waals surface area contributed by atoms with Gasteiger partial charge in [-0.25, -0.2) is 0 Å². The van der Waals surface area contributed by atoms with Crippen molar-refractivity contribution in [3.05, 3.63) is 0 Å². The van der Waals surface area contributed by atoms with Crippen LogP contribution in [-0.2, 0) is 0 Å². The van der Waals surface area contributed by atoms with E-state index in [1.54, 1.807) is 0 Å². The smallest absolute Gasteiger partial charge is 0.0471 e. The van der Waals surface area contributed by atoms with Gasteiger partial charge in [-0.3, -0.25) is 9.80 Å². The second-order valence-electron chi connectivity index (χ2n) is 7.47. The van der Waals surface area contributed by atoms with Crippen LogP contribution < -0.4 is 5.73 Å². The van der Waals surface area contributed by atoms with Crippen molar-refractivity contribution in [2.45, 2.75) is 44.7 Å². The van der Waals surface area contributed by atoms with Crippen molar-refractivity contribution in [2.24, 2.45) is 11.7 Å². The lowest BCUT2D eigenvalue weighted by molar-refractivity contribution is 0.0373. The van der Waals surface area contributed by atoms with Gasteiger partial charge in [0.2, 0.25) is 0 Å². The summed E-state index contributed by atoms with van der Waals surface area (Å²) in [5, 5.41) is 0. The van der Waals surface area contributed by atoms with E-state index < -0.39 is 0 Å². The minimum atomic E-state index is 0.260. The molecule has 4 nitrogen and oxygen atoms in total. The van der Waals surface area contributed by atoms with Crippen molar-refractivity contribution in [1.82, 2.24) is 14.7 Å². The highest BCUT2D eigenvalue weighted by Gasteiger charge is 2.43. The highest BCUT2D eigenvalue weighted by atomic mass is 15.3. The zero-order valence-corrected chi connectivity index (χ0v) is 13.4. The van der Waals surface area contributed by atoms with Gasteiger partial charge in [-0.1, -0.05) is 0 Å². The molecule has 3 fully saturated rings. The van der Waals surface area contributed by atoms with Crippen LogP contribution in [0.5, 0.6) is 0 Å². The second-order valence-corrected chi connectivity index (χ2v) is 7.47. The van der Waals surface area contributed by atoms with Crippen molar-refractivity contribution < 1.29 is 0 Å². The summed E-state index contributed by atoms with van der Waals surface area (Å²) in [6.07, 6.45) is 4.19. The molecule has 116 valence electrons. The number of hydrogen-bond donors (Lipinski definition) is 1. The molecule has 2 aliphatic heterocycles. The van der Waals surface area contributed by atoms with Gasteiger partial charge in [0.1, 0.15) is 0 Å². The van der Waals surface area contributed by atoms with Gasteiger partial charge >= 0.3 is 0 Å². The van der Waals surface area contributed by atoms with E-state index in [0.717, 1.165) is 12.5 Å². The molecule has 1 aliphatic carbocycles. The predicted octanol–water partition coefficient (Wildman–Crippen LogP) is 0.826. The second kappa shape index (κ2) is 5.91.